The molecule has 0 aliphatic carbocycles. The molecule has 3 rings (SSSR count). The molecule has 8 heteroatoms. The number of hydrogen-bond donors (Lipinski definition) is 1. The quantitative estimate of drug-likeness (QED) is 0.761. The van der Waals surface area contributed by atoms with Gasteiger partial charge < -0.3 is 24.6 Å². The predicted octanol–water partition coefficient (Wildman–Crippen LogP) is 2.40. The molecule has 2 aromatic rings. The molecular formula is C22H25N3O5. The number of benzene rings is 2. The molecule has 1 aliphatic heterocycles. The number of esters is 1. The summed E-state index contributed by atoms with van der Waals surface area (Å²) >= 11 is 0. The number of nitrogens with zero attached hydrogens (tertiary/aromatic N) is 2. The number of methoxy groups -OCH3 is 2. The standard InChI is InChI=1S/C22H25N3O5/c1-15(26)24-9-11-25(12-10-24)20-8-7-17(22(28)30-3)14-19(20)23-21(27)16-5-4-6-18(13-16)29-2/h4-8,13-14H,9-12H2,1-3H3,(H,23,27). The minimum Gasteiger partial charge on any atom is -0.497 e. The van der Waals surface area contributed by atoms with Gasteiger partial charge >= 0.3 is 5.97 Å². The number of hydrogen-bond acceptors (Lipinski definition) is 6. The number of carbonyl (C=O) groups is 3. The van der Waals surface area contributed by atoms with E-state index in [1.54, 1.807) is 54.3 Å². The summed E-state index contributed by atoms with van der Waals surface area (Å²) in [7, 11) is 2.85. The van der Waals surface area contributed by atoms with Crippen LogP contribution in [0.25, 0.3) is 0 Å². The molecule has 30 heavy (non-hydrogen) atoms. The topological polar surface area (TPSA) is 88.2 Å². The molecule has 0 saturated carbocycles. The molecule has 0 radical (unpaired) electrons. The molecule has 1 N–H and O–H groups in total. The van der Waals surface area contributed by atoms with Crippen molar-refractivity contribution in [1.82, 2.24) is 4.90 Å². The third kappa shape index (κ3) is 4.71. The summed E-state index contributed by atoms with van der Waals surface area (Å²) in [6.07, 6.45) is 0. The van der Waals surface area contributed by atoms with E-state index in [-0.39, 0.29) is 11.8 Å². The Morgan fingerprint density at radius 3 is 2.30 bits per heavy atom. The Labute approximate surface area is 175 Å². The summed E-state index contributed by atoms with van der Waals surface area (Å²) in [5.41, 5.74) is 2.05. The highest BCUT2D eigenvalue weighted by Gasteiger charge is 2.22. The number of ether oxygens (including phenoxy) is 2. The van der Waals surface area contributed by atoms with Crippen molar-refractivity contribution in [2.45, 2.75) is 6.92 Å². The van der Waals surface area contributed by atoms with Gasteiger partial charge in [0, 0.05) is 38.7 Å². The molecule has 2 amide bonds. The minimum atomic E-state index is -0.486. The number of nitrogens with one attached hydrogen (secondary N) is 1. The molecule has 0 bridgehead atoms. The fraction of sp³-hybridized carbons (Fsp3) is 0.318. The zero-order chi connectivity index (χ0) is 21.7. The summed E-state index contributed by atoms with van der Waals surface area (Å²) in [6.45, 7) is 3.99. The zero-order valence-electron chi connectivity index (χ0n) is 17.3. The highest BCUT2D eigenvalue weighted by atomic mass is 16.5. The third-order valence-electron chi connectivity index (χ3n) is 5.06. The normalized spacial score (nSPS) is 13.6. The van der Waals surface area contributed by atoms with E-state index < -0.39 is 5.97 Å². The lowest BCUT2D eigenvalue weighted by Gasteiger charge is -2.36. The van der Waals surface area contributed by atoms with Crippen LogP contribution in [0, 0.1) is 0 Å². The summed E-state index contributed by atoms with van der Waals surface area (Å²) < 4.78 is 10.00. The van der Waals surface area contributed by atoms with Gasteiger partial charge in [0.1, 0.15) is 5.75 Å². The van der Waals surface area contributed by atoms with Gasteiger partial charge in [-0.05, 0) is 36.4 Å². The largest absolute Gasteiger partial charge is 0.497 e. The van der Waals surface area contributed by atoms with Gasteiger partial charge in [0.2, 0.25) is 5.91 Å². The highest BCUT2D eigenvalue weighted by molar-refractivity contribution is 6.07. The van der Waals surface area contributed by atoms with Crippen molar-refractivity contribution in [3.05, 3.63) is 53.6 Å². The molecule has 0 unspecified atom stereocenters. The average molecular weight is 411 g/mol. The summed E-state index contributed by atoms with van der Waals surface area (Å²) in [6, 6.07) is 11.9. The van der Waals surface area contributed by atoms with Crippen LogP contribution in [0.15, 0.2) is 42.5 Å². The molecule has 0 atom stereocenters. The van der Waals surface area contributed by atoms with Gasteiger partial charge in [0.25, 0.3) is 5.91 Å². The first-order chi connectivity index (χ1) is 14.4. The smallest absolute Gasteiger partial charge is 0.337 e. The number of carbonyl (C=O) groups excluding carboxylic acids is 3. The van der Waals surface area contributed by atoms with Gasteiger partial charge in [-0.25, -0.2) is 4.79 Å². The fourth-order valence-corrected chi connectivity index (χ4v) is 3.38. The van der Waals surface area contributed by atoms with E-state index in [1.165, 1.54) is 14.2 Å². The van der Waals surface area contributed by atoms with Gasteiger partial charge in [-0.15, -0.1) is 0 Å². The van der Waals surface area contributed by atoms with E-state index in [0.717, 1.165) is 5.69 Å². The van der Waals surface area contributed by atoms with Crippen molar-refractivity contribution < 1.29 is 23.9 Å². The predicted molar refractivity (Wildman–Crippen MR) is 113 cm³/mol. The molecule has 1 saturated heterocycles. The minimum absolute atomic E-state index is 0.0437. The Bertz CT molecular complexity index is 952. The maximum Gasteiger partial charge on any atom is 0.337 e. The first-order valence-electron chi connectivity index (χ1n) is 9.61. The van der Waals surface area contributed by atoms with E-state index in [0.29, 0.717) is 48.7 Å². The number of piperazine rings is 1. The van der Waals surface area contributed by atoms with Crippen molar-refractivity contribution in [3.63, 3.8) is 0 Å². The maximum atomic E-state index is 12.9. The van der Waals surface area contributed by atoms with E-state index in [1.807, 2.05) is 0 Å². The van der Waals surface area contributed by atoms with Gasteiger partial charge in [0.05, 0.1) is 31.2 Å². The highest BCUT2D eigenvalue weighted by Crippen LogP contribution is 2.29. The first kappa shape index (κ1) is 21.2. The average Bonchev–Trinajstić information content (AvgIpc) is 2.78. The van der Waals surface area contributed by atoms with E-state index >= 15 is 0 Å². The van der Waals surface area contributed by atoms with Crippen LogP contribution >= 0.6 is 0 Å². The Kier molecular flexibility index (Phi) is 6.56. The molecule has 1 fully saturated rings. The fourth-order valence-electron chi connectivity index (χ4n) is 3.38. The van der Waals surface area contributed by atoms with Crippen LogP contribution < -0.4 is 15.0 Å². The van der Waals surface area contributed by atoms with Crippen LogP contribution in [0.1, 0.15) is 27.6 Å². The lowest BCUT2D eigenvalue weighted by Crippen LogP contribution is -2.48. The second-order valence-electron chi connectivity index (χ2n) is 6.90. The van der Waals surface area contributed by atoms with Crippen molar-refractivity contribution in [1.29, 1.82) is 0 Å². The zero-order valence-corrected chi connectivity index (χ0v) is 17.3. The Balaban J connectivity index is 1.89. The van der Waals surface area contributed by atoms with Crippen molar-refractivity contribution >= 4 is 29.2 Å². The summed E-state index contributed by atoms with van der Waals surface area (Å²) in [5, 5.41) is 2.90. The molecule has 1 heterocycles. The lowest BCUT2D eigenvalue weighted by molar-refractivity contribution is -0.129. The SMILES string of the molecule is COC(=O)c1ccc(N2CCN(C(C)=O)CC2)c(NC(=O)c2cccc(OC)c2)c1. The van der Waals surface area contributed by atoms with Crippen molar-refractivity contribution in [2.24, 2.45) is 0 Å². The Morgan fingerprint density at radius 1 is 0.933 bits per heavy atom. The molecule has 1 aliphatic rings. The third-order valence-corrected chi connectivity index (χ3v) is 5.06. The van der Waals surface area contributed by atoms with Crippen molar-refractivity contribution in [3.8, 4) is 5.75 Å². The molecule has 158 valence electrons. The van der Waals surface area contributed by atoms with E-state index in [2.05, 4.69) is 10.2 Å². The van der Waals surface area contributed by atoms with Crippen LogP contribution in [0.3, 0.4) is 0 Å². The lowest BCUT2D eigenvalue weighted by atomic mass is 10.1. The Hall–Kier alpha value is -3.55. The monoisotopic (exact) mass is 411 g/mol. The van der Waals surface area contributed by atoms with Gasteiger partial charge in [-0.1, -0.05) is 6.07 Å². The summed E-state index contributed by atoms with van der Waals surface area (Å²) in [4.78, 5) is 40.3. The molecular weight excluding hydrogens is 386 g/mol. The first-order valence-corrected chi connectivity index (χ1v) is 9.61. The number of anilines is 2. The molecule has 2 aromatic carbocycles. The van der Waals surface area contributed by atoms with Crippen LogP contribution in [0.4, 0.5) is 11.4 Å². The molecule has 0 aromatic heterocycles. The maximum absolute atomic E-state index is 12.9. The second kappa shape index (κ2) is 9.30. The van der Waals surface area contributed by atoms with Crippen LogP contribution in [0.2, 0.25) is 0 Å². The van der Waals surface area contributed by atoms with Crippen molar-refractivity contribution in [2.75, 3.05) is 50.6 Å². The van der Waals surface area contributed by atoms with Crippen LogP contribution in [0.5, 0.6) is 5.75 Å². The number of rotatable bonds is 5. The van der Waals surface area contributed by atoms with Crippen LogP contribution in [-0.2, 0) is 9.53 Å². The van der Waals surface area contributed by atoms with Gasteiger partial charge in [0.15, 0.2) is 0 Å². The second-order valence-corrected chi connectivity index (χ2v) is 6.90. The molecule has 8 nitrogen and oxygen atoms in total. The number of amides is 2. The Morgan fingerprint density at radius 2 is 1.67 bits per heavy atom. The summed E-state index contributed by atoms with van der Waals surface area (Å²) in [5.74, 6) is -0.187. The van der Waals surface area contributed by atoms with Gasteiger partial charge in [-0.3, -0.25) is 9.59 Å². The van der Waals surface area contributed by atoms with Gasteiger partial charge in [-0.2, -0.15) is 0 Å². The van der Waals surface area contributed by atoms with Crippen LogP contribution in [-0.4, -0.2) is 63.1 Å². The van der Waals surface area contributed by atoms with E-state index in [4.69, 9.17) is 9.47 Å². The molecule has 0 spiro atoms. The van der Waals surface area contributed by atoms with E-state index in [9.17, 15) is 14.4 Å².